The topological polar surface area (TPSA) is 41.1 Å². The van der Waals surface area contributed by atoms with Crippen LogP contribution in [-0.4, -0.2) is 24.5 Å². The van der Waals surface area contributed by atoms with E-state index in [0.29, 0.717) is 12.5 Å². The lowest BCUT2D eigenvalue weighted by atomic mass is 10.1. The zero-order valence-corrected chi connectivity index (χ0v) is 13.1. The predicted octanol–water partition coefficient (Wildman–Crippen LogP) is 2.95. The van der Waals surface area contributed by atoms with Gasteiger partial charge in [-0.05, 0) is 44.7 Å². The van der Waals surface area contributed by atoms with Crippen molar-refractivity contribution in [3.8, 4) is 0 Å². The Hall–Kier alpha value is -1.06. The standard InChI is InChI=1S/C16H23ClN2O/c1-16(2,3)19-9-8-18-15(20)13-10-12(13)11-6-4-5-7-14(11)17/h4-7,12-13,19H,8-10H2,1-3H3,(H,18,20). The first-order valence-electron chi connectivity index (χ1n) is 7.15. The van der Waals surface area contributed by atoms with E-state index < -0.39 is 0 Å². The van der Waals surface area contributed by atoms with Gasteiger partial charge in [-0.3, -0.25) is 4.79 Å². The first-order chi connectivity index (χ1) is 9.38. The van der Waals surface area contributed by atoms with Crippen LogP contribution >= 0.6 is 11.6 Å². The molecule has 0 aromatic heterocycles. The smallest absolute Gasteiger partial charge is 0.223 e. The molecule has 110 valence electrons. The van der Waals surface area contributed by atoms with Crippen LogP contribution in [0.15, 0.2) is 24.3 Å². The zero-order chi connectivity index (χ0) is 14.8. The van der Waals surface area contributed by atoms with Gasteiger partial charge in [0.1, 0.15) is 0 Å². The molecule has 1 aliphatic rings. The molecule has 2 atom stereocenters. The van der Waals surface area contributed by atoms with Crippen molar-refractivity contribution in [1.29, 1.82) is 0 Å². The van der Waals surface area contributed by atoms with Crippen LogP contribution in [0.2, 0.25) is 5.02 Å². The molecule has 1 fully saturated rings. The van der Waals surface area contributed by atoms with E-state index in [0.717, 1.165) is 23.6 Å². The van der Waals surface area contributed by atoms with Gasteiger partial charge in [-0.2, -0.15) is 0 Å². The molecule has 0 aliphatic heterocycles. The molecule has 0 saturated heterocycles. The normalized spacial score (nSPS) is 21.6. The number of amides is 1. The average molecular weight is 295 g/mol. The van der Waals surface area contributed by atoms with Crippen LogP contribution in [0.3, 0.4) is 0 Å². The summed E-state index contributed by atoms with van der Waals surface area (Å²) in [6, 6.07) is 7.79. The van der Waals surface area contributed by atoms with Crippen molar-refractivity contribution in [2.45, 2.75) is 38.6 Å². The summed E-state index contributed by atoms with van der Waals surface area (Å²) in [5.74, 6) is 0.523. The number of halogens is 1. The highest BCUT2D eigenvalue weighted by Gasteiger charge is 2.44. The molecule has 0 radical (unpaired) electrons. The molecule has 2 N–H and O–H groups in total. The van der Waals surface area contributed by atoms with Gasteiger partial charge >= 0.3 is 0 Å². The lowest BCUT2D eigenvalue weighted by molar-refractivity contribution is -0.122. The van der Waals surface area contributed by atoms with E-state index in [-0.39, 0.29) is 17.4 Å². The SMILES string of the molecule is CC(C)(C)NCCNC(=O)C1CC1c1ccccc1Cl. The van der Waals surface area contributed by atoms with Gasteiger partial charge in [0.05, 0.1) is 0 Å². The Bertz CT molecular complexity index is 482. The highest BCUT2D eigenvalue weighted by Crippen LogP contribution is 2.49. The summed E-state index contributed by atoms with van der Waals surface area (Å²) < 4.78 is 0. The molecule has 0 bridgehead atoms. The minimum Gasteiger partial charge on any atom is -0.355 e. The van der Waals surface area contributed by atoms with E-state index in [2.05, 4.69) is 31.4 Å². The molecule has 4 heteroatoms. The number of benzene rings is 1. The second kappa shape index (κ2) is 6.15. The number of rotatable bonds is 5. The quantitative estimate of drug-likeness (QED) is 0.820. The van der Waals surface area contributed by atoms with Crippen molar-refractivity contribution in [2.24, 2.45) is 5.92 Å². The molecule has 1 amide bonds. The summed E-state index contributed by atoms with van der Waals surface area (Å²) in [6.45, 7) is 7.80. The van der Waals surface area contributed by atoms with E-state index in [1.807, 2.05) is 24.3 Å². The van der Waals surface area contributed by atoms with E-state index >= 15 is 0 Å². The van der Waals surface area contributed by atoms with Crippen LogP contribution in [0.5, 0.6) is 0 Å². The third kappa shape index (κ3) is 4.22. The molecule has 0 spiro atoms. The largest absolute Gasteiger partial charge is 0.355 e. The van der Waals surface area contributed by atoms with Crippen LogP contribution in [0.1, 0.15) is 38.7 Å². The van der Waals surface area contributed by atoms with Crippen LogP contribution < -0.4 is 10.6 Å². The highest BCUT2D eigenvalue weighted by atomic mass is 35.5. The molecule has 1 aliphatic carbocycles. The fraction of sp³-hybridized carbons (Fsp3) is 0.562. The van der Waals surface area contributed by atoms with Crippen LogP contribution in [-0.2, 0) is 4.79 Å². The third-order valence-corrected chi connectivity index (χ3v) is 3.86. The van der Waals surface area contributed by atoms with Crippen molar-refractivity contribution in [3.63, 3.8) is 0 Å². The minimum atomic E-state index is 0.0875. The van der Waals surface area contributed by atoms with Gasteiger partial charge < -0.3 is 10.6 Å². The second-order valence-electron chi connectivity index (χ2n) is 6.44. The number of hydrogen-bond donors (Lipinski definition) is 2. The Labute approximate surface area is 126 Å². The number of carbonyl (C=O) groups is 1. The summed E-state index contributed by atoms with van der Waals surface area (Å²) in [6.07, 6.45) is 0.905. The summed E-state index contributed by atoms with van der Waals surface area (Å²) >= 11 is 6.16. The lowest BCUT2D eigenvalue weighted by Gasteiger charge is -2.20. The zero-order valence-electron chi connectivity index (χ0n) is 12.4. The Morgan fingerprint density at radius 2 is 2.00 bits per heavy atom. The molecular weight excluding hydrogens is 272 g/mol. The van der Waals surface area contributed by atoms with Crippen molar-refractivity contribution in [2.75, 3.05) is 13.1 Å². The first-order valence-corrected chi connectivity index (χ1v) is 7.53. The Morgan fingerprint density at radius 1 is 1.30 bits per heavy atom. The summed E-state index contributed by atoms with van der Waals surface area (Å²) in [5.41, 5.74) is 1.19. The minimum absolute atomic E-state index is 0.0875. The number of nitrogens with one attached hydrogen (secondary N) is 2. The molecule has 2 rings (SSSR count). The van der Waals surface area contributed by atoms with Crippen molar-refractivity contribution >= 4 is 17.5 Å². The fourth-order valence-corrected chi connectivity index (χ4v) is 2.63. The Kier molecular flexibility index (Phi) is 4.71. The van der Waals surface area contributed by atoms with Crippen molar-refractivity contribution < 1.29 is 4.79 Å². The van der Waals surface area contributed by atoms with E-state index in [9.17, 15) is 4.79 Å². The number of carbonyl (C=O) groups excluding carboxylic acids is 1. The summed E-state index contributed by atoms with van der Waals surface area (Å²) in [4.78, 5) is 12.0. The van der Waals surface area contributed by atoms with Gasteiger partial charge in [-0.15, -0.1) is 0 Å². The highest BCUT2D eigenvalue weighted by molar-refractivity contribution is 6.31. The fourth-order valence-electron chi connectivity index (χ4n) is 2.36. The van der Waals surface area contributed by atoms with Crippen LogP contribution in [0.4, 0.5) is 0 Å². The second-order valence-corrected chi connectivity index (χ2v) is 6.85. The summed E-state index contributed by atoms with van der Waals surface area (Å²) in [5, 5.41) is 7.11. The van der Waals surface area contributed by atoms with Gasteiger partial charge in [-0.1, -0.05) is 29.8 Å². The maximum absolute atomic E-state index is 12.0. The maximum Gasteiger partial charge on any atom is 0.223 e. The molecular formula is C16H23ClN2O. The molecule has 1 aromatic rings. The number of hydrogen-bond acceptors (Lipinski definition) is 2. The lowest BCUT2D eigenvalue weighted by Crippen LogP contribution is -2.41. The Balaban J connectivity index is 1.75. The first kappa shape index (κ1) is 15.3. The third-order valence-electron chi connectivity index (χ3n) is 3.51. The molecule has 0 heterocycles. The van der Waals surface area contributed by atoms with Gasteiger partial charge in [0.25, 0.3) is 0 Å². The van der Waals surface area contributed by atoms with Gasteiger partial charge in [0.2, 0.25) is 5.91 Å². The van der Waals surface area contributed by atoms with Gasteiger partial charge in [0, 0.05) is 29.6 Å². The molecule has 2 unspecified atom stereocenters. The Morgan fingerprint density at radius 3 is 2.65 bits per heavy atom. The van der Waals surface area contributed by atoms with E-state index in [1.54, 1.807) is 0 Å². The average Bonchev–Trinajstić information content (AvgIpc) is 3.14. The van der Waals surface area contributed by atoms with E-state index in [4.69, 9.17) is 11.6 Å². The monoisotopic (exact) mass is 294 g/mol. The van der Waals surface area contributed by atoms with Crippen molar-refractivity contribution in [3.05, 3.63) is 34.9 Å². The maximum atomic E-state index is 12.0. The van der Waals surface area contributed by atoms with Crippen LogP contribution in [0.25, 0.3) is 0 Å². The molecule has 1 aromatic carbocycles. The van der Waals surface area contributed by atoms with Gasteiger partial charge in [-0.25, -0.2) is 0 Å². The van der Waals surface area contributed by atoms with Gasteiger partial charge in [0.15, 0.2) is 0 Å². The predicted molar refractivity (Wildman–Crippen MR) is 83.1 cm³/mol. The molecule has 1 saturated carbocycles. The van der Waals surface area contributed by atoms with E-state index in [1.165, 1.54) is 0 Å². The molecule has 3 nitrogen and oxygen atoms in total. The van der Waals surface area contributed by atoms with Crippen molar-refractivity contribution in [1.82, 2.24) is 10.6 Å². The van der Waals surface area contributed by atoms with Crippen LogP contribution in [0, 0.1) is 5.92 Å². The molecule has 20 heavy (non-hydrogen) atoms. The summed E-state index contributed by atoms with van der Waals surface area (Å²) in [7, 11) is 0.